The Morgan fingerprint density at radius 2 is 2.18 bits per heavy atom. The summed E-state index contributed by atoms with van der Waals surface area (Å²) in [5, 5.41) is 11.7. The lowest BCUT2D eigenvalue weighted by atomic mass is 10.1. The molecule has 0 atom stereocenters. The van der Waals surface area contributed by atoms with Gasteiger partial charge in [-0.1, -0.05) is 13.8 Å². The fraction of sp³-hybridized carbons (Fsp3) is 0.364. The minimum atomic E-state index is -1.10. The number of carboxylic acid groups (broad SMARTS) is 1. The molecule has 2 rings (SSSR count). The van der Waals surface area contributed by atoms with E-state index in [0.717, 1.165) is 5.01 Å². The van der Waals surface area contributed by atoms with Crippen LogP contribution in [-0.4, -0.2) is 21.0 Å². The van der Waals surface area contributed by atoms with E-state index in [2.05, 4.69) is 9.97 Å². The van der Waals surface area contributed by atoms with Crippen LogP contribution in [0.4, 0.5) is 0 Å². The van der Waals surface area contributed by atoms with Crippen LogP contribution in [0.2, 0.25) is 0 Å². The summed E-state index contributed by atoms with van der Waals surface area (Å²) in [7, 11) is 0. The van der Waals surface area contributed by atoms with Crippen LogP contribution in [0, 0.1) is 6.92 Å². The molecule has 0 saturated heterocycles. The molecule has 0 spiro atoms. The SMILES string of the molecule is Cc1nc(-c2nc(C(C)C)c(C(=O)O)o2)cs1. The quantitative estimate of drug-likeness (QED) is 0.908. The number of rotatable bonds is 3. The highest BCUT2D eigenvalue weighted by Crippen LogP contribution is 2.27. The molecule has 0 fully saturated rings. The Morgan fingerprint density at radius 1 is 1.47 bits per heavy atom. The van der Waals surface area contributed by atoms with Gasteiger partial charge in [-0.3, -0.25) is 0 Å². The second kappa shape index (κ2) is 4.29. The molecule has 17 heavy (non-hydrogen) atoms. The van der Waals surface area contributed by atoms with Gasteiger partial charge in [0, 0.05) is 5.38 Å². The number of hydrogen-bond acceptors (Lipinski definition) is 5. The van der Waals surface area contributed by atoms with Gasteiger partial charge in [0.25, 0.3) is 0 Å². The number of carboxylic acids is 1. The molecule has 6 heteroatoms. The van der Waals surface area contributed by atoms with Crippen LogP contribution in [0.3, 0.4) is 0 Å². The first kappa shape index (κ1) is 11.8. The van der Waals surface area contributed by atoms with Gasteiger partial charge in [0.1, 0.15) is 5.69 Å². The third-order valence-corrected chi connectivity index (χ3v) is 3.01. The second-order valence-corrected chi connectivity index (χ2v) is 5.01. The summed E-state index contributed by atoms with van der Waals surface area (Å²) >= 11 is 1.47. The van der Waals surface area contributed by atoms with Gasteiger partial charge in [-0.05, 0) is 12.8 Å². The summed E-state index contributed by atoms with van der Waals surface area (Å²) < 4.78 is 5.27. The lowest BCUT2D eigenvalue weighted by molar-refractivity contribution is 0.0661. The average molecular weight is 252 g/mol. The fourth-order valence-corrected chi connectivity index (χ4v) is 2.03. The number of carbonyl (C=O) groups is 1. The molecule has 0 aliphatic heterocycles. The molecule has 2 heterocycles. The highest BCUT2D eigenvalue weighted by atomic mass is 32.1. The molecular weight excluding hydrogens is 240 g/mol. The molecule has 0 aromatic carbocycles. The highest BCUT2D eigenvalue weighted by molar-refractivity contribution is 7.09. The first-order chi connectivity index (χ1) is 7.99. The van der Waals surface area contributed by atoms with Crippen molar-refractivity contribution in [1.82, 2.24) is 9.97 Å². The number of oxazole rings is 1. The molecule has 0 saturated carbocycles. The Bertz CT molecular complexity index is 557. The highest BCUT2D eigenvalue weighted by Gasteiger charge is 2.23. The predicted octanol–water partition coefficient (Wildman–Crippen LogP) is 2.93. The molecule has 0 aliphatic carbocycles. The van der Waals surface area contributed by atoms with Gasteiger partial charge >= 0.3 is 5.97 Å². The van der Waals surface area contributed by atoms with Crippen molar-refractivity contribution in [3.63, 3.8) is 0 Å². The normalized spacial score (nSPS) is 11.1. The molecule has 0 bridgehead atoms. The van der Waals surface area contributed by atoms with Gasteiger partial charge in [-0.25, -0.2) is 14.8 Å². The topological polar surface area (TPSA) is 76.2 Å². The molecule has 2 aromatic rings. The van der Waals surface area contributed by atoms with E-state index in [1.807, 2.05) is 20.8 Å². The smallest absolute Gasteiger partial charge is 0.373 e. The van der Waals surface area contributed by atoms with Crippen molar-refractivity contribution in [3.05, 3.63) is 21.8 Å². The molecule has 0 amide bonds. The summed E-state index contributed by atoms with van der Waals surface area (Å²) in [4.78, 5) is 19.5. The fourth-order valence-electron chi connectivity index (χ4n) is 1.45. The third-order valence-electron chi connectivity index (χ3n) is 2.23. The van der Waals surface area contributed by atoms with E-state index in [0.29, 0.717) is 11.4 Å². The number of aromatic nitrogens is 2. The Hall–Kier alpha value is -1.69. The van der Waals surface area contributed by atoms with E-state index in [9.17, 15) is 4.79 Å². The zero-order chi connectivity index (χ0) is 12.6. The van der Waals surface area contributed by atoms with Crippen LogP contribution in [0.5, 0.6) is 0 Å². The molecule has 0 radical (unpaired) electrons. The molecule has 90 valence electrons. The predicted molar refractivity (Wildman–Crippen MR) is 63.4 cm³/mol. The van der Waals surface area contributed by atoms with Crippen LogP contribution >= 0.6 is 11.3 Å². The van der Waals surface area contributed by atoms with E-state index in [1.54, 1.807) is 5.38 Å². The van der Waals surface area contributed by atoms with E-state index in [4.69, 9.17) is 9.52 Å². The molecular formula is C11H12N2O3S. The van der Waals surface area contributed by atoms with E-state index < -0.39 is 5.97 Å². The summed E-state index contributed by atoms with van der Waals surface area (Å²) in [5.41, 5.74) is 1.04. The van der Waals surface area contributed by atoms with E-state index >= 15 is 0 Å². The number of thiazole rings is 1. The van der Waals surface area contributed by atoms with Crippen molar-refractivity contribution in [2.45, 2.75) is 26.7 Å². The molecule has 5 nitrogen and oxygen atoms in total. The van der Waals surface area contributed by atoms with Crippen LogP contribution in [0.15, 0.2) is 9.80 Å². The molecule has 1 N–H and O–H groups in total. The summed E-state index contributed by atoms with van der Waals surface area (Å²) in [5.74, 6) is -0.922. The first-order valence-electron chi connectivity index (χ1n) is 5.15. The van der Waals surface area contributed by atoms with Crippen molar-refractivity contribution < 1.29 is 14.3 Å². The monoisotopic (exact) mass is 252 g/mol. The van der Waals surface area contributed by atoms with Gasteiger partial charge in [0.15, 0.2) is 0 Å². The van der Waals surface area contributed by atoms with Gasteiger partial charge in [0.05, 0.1) is 10.7 Å². The van der Waals surface area contributed by atoms with Gasteiger partial charge in [-0.2, -0.15) is 0 Å². The molecule has 0 unspecified atom stereocenters. The largest absolute Gasteiger partial charge is 0.475 e. The second-order valence-electron chi connectivity index (χ2n) is 3.94. The Kier molecular flexibility index (Phi) is 2.97. The van der Waals surface area contributed by atoms with E-state index in [1.165, 1.54) is 11.3 Å². The third kappa shape index (κ3) is 2.21. The van der Waals surface area contributed by atoms with Crippen molar-refractivity contribution in [2.75, 3.05) is 0 Å². The maximum Gasteiger partial charge on any atom is 0.373 e. The lowest BCUT2D eigenvalue weighted by Gasteiger charge is -1.98. The van der Waals surface area contributed by atoms with Gasteiger partial charge in [0.2, 0.25) is 11.7 Å². The van der Waals surface area contributed by atoms with Crippen molar-refractivity contribution in [2.24, 2.45) is 0 Å². The lowest BCUT2D eigenvalue weighted by Crippen LogP contribution is -2.01. The summed E-state index contributed by atoms with van der Waals surface area (Å²) in [6.45, 7) is 5.62. The van der Waals surface area contributed by atoms with E-state index in [-0.39, 0.29) is 17.6 Å². The number of aromatic carboxylic acids is 1. The number of aryl methyl sites for hydroxylation is 1. The van der Waals surface area contributed by atoms with Crippen molar-refractivity contribution >= 4 is 17.3 Å². The first-order valence-corrected chi connectivity index (χ1v) is 6.03. The number of hydrogen-bond donors (Lipinski definition) is 1. The average Bonchev–Trinajstić information content (AvgIpc) is 2.82. The van der Waals surface area contributed by atoms with Crippen molar-refractivity contribution in [3.8, 4) is 11.6 Å². The maximum absolute atomic E-state index is 11.0. The Morgan fingerprint density at radius 3 is 2.59 bits per heavy atom. The standard InChI is InChI=1S/C11H12N2O3S/c1-5(2)8-9(11(14)15)16-10(13-8)7-4-17-6(3)12-7/h4-5H,1-3H3,(H,14,15). The van der Waals surface area contributed by atoms with Crippen LogP contribution in [0.25, 0.3) is 11.6 Å². The van der Waals surface area contributed by atoms with Gasteiger partial charge < -0.3 is 9.52 Å². The van der Waals surface area contributed by atoms with Crippen LogP contribution in [0.1, 0.15) is 41.0 Å². The zero-order valence-electron chi connectivity index (χ0n) is 9.72. The summed E-state index contributed by atoms with van der Waals surface area (Å²) in [6.07, 6.45) is 0. The number of nitrogens with zero attached hydrogens (tertiary/aromatic N) is 2. The minimum absolute atomic E-state index is 0.00154. The van der Waals surface area contributed by atoms with Crippen molar-refractivity contribution in [1.29, 1.82) is 0 Å². The Balaban J connectivity index is 2.50. The van der Waals surface area contributed by atoms with Gasteiger partial charge in [-0.15, -0.1) is 11.3 Å². The van der Waals surface area contributed by atoms with Crippen LogP contribution < -0.4 is 0 Å². The molecule has 2 aromatic heterocycles. The summed E-state index contributed by atoms with van der Waals surface area (Å²) in [6, 6.07) is 0. The zero-order valence-corrected chi connectivity index (χ0v) is 10.5. The minimum Gasteiger partial charge on any atom is -0.475 e. The Labute approximate surface area is 102 Å². The van der Waals surface area contributed by atoms with Crippen LogP contribution in [-0.2, 0) is 0 Å². The molecule has 0 aliphatic rings. The maximum atomic E-state index is 11.0.